The Bertz CT molecular complexity index is 538. The molecule has 0 radical (unpaired) electrons. The van der Waals surface area contributed by atoms with Gasteiger partial charge in [-0.25, -0.2) is 9.36 Å². The van der Waals surface area contributed by atoms with Crippen LogP contribution in [-0.4, -0.2) is 82.3 Å². The van der Waals surface area contributed by atoms with Gasteiger partial charge in [0, 0.05) is 42.4 Å². The van der Waals surface area contributed by atoms with Crippen molar-refractivity contribution in [1.82, 2.24) is 15.5 Å². The molecule has 152 valence electrons. The molecule has 0 bridgehead atoms. The molecule has 0 aromatic rings. The lowest BCUT2D eigenvalue weighted by atomic mass is 10.6. The van der Waals surface area contributed by atoms with E-state index in [1.165, 1.54) is 33.2 Å². The molecule has 0 aromatic heterocycles. The number of rotatable bonds is 6. The van der Waals surface area contributed by atoms with Crippen molar-refractivity contribution in [2.45, 2.75) is 0 Å². The molecule has 0 aliphatic rings. The Morgan fingerprint density at radius 1 is 1.12 bits per heavy atom. The van der Waals surface area contributed by atoms with Crippen molar-refractivity contribution in [1.29, 1.82) is 0 Å². The minimum atomic E-state index is -3.09. The predicted molar refractivity (Wildman–Crippen MR) is 103 cm³/mol. The quantitative estimate of drug-likeness (QED) is 0.207. The van der Waals surface area contributed by atoms with E-state index in [2.05, 4.69) is 29.7 Å². The van der Waals surface area contributed by atoms with Crippen molar-refractivity contribution in [2.75, 3.05) is 54.4 Å². The van der Waals surface area contributed by atoms with E-state index >= 15 is 0 Å². The summed E-state index contributed by atoms with van der Waals surface area (Å²) >= 11 is 1.97. The summed E-state index contributed by atoms with van der Waals surface area (Å²) in [6.45, 7) is -3.09. The van der Waals surface area contributed by atoms with Crippen molar-refractivity contribution in [3.05, 3.63) is 0 Å². The fraction of sp³-hybridized carbons (Fsp3) is 0.667. The number of nitrogens with zero attached hydrogens (tertiary/aromatic N) is 2. The fourth-order valence-electron chi connectivity index (χ4n) is 0.873. The number of amides is 3. The summed E-state index contributed by atoms with van der Waals surface area (Å²) in [6, 6.07) is 0. The number of thioether (sulfide) groups is 1. The monoisotopic (exact) mass is 432 g/mol. The minimum absolute atomic E-state index is 0.0649. The van der Waals surface area contributed by atoms with E-state index in [1.807, 2.05) is 0 Å². The molecule has 0 aromatic carbocycles. The largest absolute Gasteiger partial charge is 0.433 e. The SMILES string of the molecule is CNC(=O)CSP(=O)(OC)OC.CNC(=O)ON=C(SC)C(=O)N(C)C. The lowest BCUT2D eigenvalue weighted by Crippen LogP contribution is -2.28. The summed E-state index contributed by atoms with van der Waals surface area (Å²) < 4.78 is 20.5. The maximum Gasteiger partial charge on any atom is 0.433 e. The molecule has 14 heteroatoms. The van der Waals surface area contributed by atoms with E-state index in [4.69, 9.17) is 0 Å². The maximum atomic E-state index is 11.3. The molecule has 11 nitrogen and oxygen atoms in total. The van der Waals surface area contributed by atoms with Crippen LogP contribution in [0.2, 0.25) is 0 Å². The third kappa shape index (κ3) is 12.1. The highest BCUT2D eigenvalue weighted by Crippen LogP contribution is 2.59. The van der Waals surface area contributed by atoms with Gasteiger partial charge in [0.1, 0.15) is 0 Å². The topological polar surface area (TPSA) is 136 Å². The zero-order valence-corrected chi connectivity index (χ0v) is 18.3. The van der Waals surface area contributed by atoms with Gasteiger partial charge >= 0.3 is 12.9 Å². The van der Waals surface area contributed by atoms with E-state index in [0.717, 1.165) is 23.1 Å². The molecule has 0 aliphatic heterocycles. The molecule has 0 saturated carbocycles. The van der Waals surface area contributed by atoms with Gasteiger partial charge in [-0.05, 0) is 17.6 Å². The van der Waals surface area contributed by atoms with Crippen molar-refractivity contribution in [2.24, 2.45) is 5.16 Å². The molecule has 0 saturated heterocycles. The minimum Gasteiger partial charge on any atom is -0.358 e. The van der Waals surface area contributed by atoms with Crippen molar-refractivity contribution < 1.29 is 32.8 Å². The van der Waals surface area contributed by atoms with Gasteiger partial charge in [0.15, 0.2) is 0 Å². The molecule has 26 heavy (non-hydrogen) atoms. The number of carbonyl (C=O) groups excluding carboxylic acids is 3. The summed E-state index contributed by atoms with van der Waals surface area (Å²) in [5, 5.41) is 8.14. The Morgan fingerprint density at radius 2 is 1.65 bits per heavy atom. The van der Waals surface area contributed by atoms with Gasteiger partial charge in [0.05, 0.1) is 5.75 Å². The lowest BCUT2D eigenvalue weighted by molar-refractivity contribution is -0.121. The summed E-state index contributed by atoms with van der Waals surface area (Å²) in [6.07, 6.45) is 0.969. The van der Waals surface area contributed by atoms with Crippen LogP contribution in [0.5, 0.6) is 0 Å². The van der Waals surface area contributed by atoms with Gasteiger partial charge in [0.2, 0.25) is 11.0 Å². The number of nitrogens with one attached hydrogen (secondary N) is 2. The van der Waals surface area contributed by atoms with Gasteiger partial charge in [-0.3, -0.25) is 14.4 Å². The average Bonchev–Trinajstić information content (AvgIpc) is 2.66. The van der Waals surface area contributed by atoms with Crippen molar-refractivity contribution in [3.8, 4) is 0 Å². The van der Waals surface area contributed by atoms with E-state index in [-0.39, 0.29) is 22.6 Å². The third-order valence-electron chi connectivity index (χ3n) is 2.28. The van der Waals surface area contributed by atoms with Crippen LogP contribution in [0.4, 0.5) is 4.79 Å². The zero-order valence-electron chi connectivity index (χ0n) is 15.7. The van der Waals surface area contributed by atoms with E-state index in [9.17, 15) is 18.9 Å². The first-order chi connectivity index (χ1) is 12.1. The predicted octanol–water partition coefficient (Wildman–Crippen LogP) is 0.974. The highest BCUT2D eigenvalue weighted by Gasteiger charge is 2.22. The van der Waals surface area contributed by atoms with E-state index in [0.29, 0.717) is 0 Å². The standard InChI is InChI=1S/C7H13N3O3S.C5H12NO4PS/c1-8-7(12)13-9-5(14-4)6(11)10(2)3;1-6-5(7)4-12-11(8,9-2)10-3/h1-4H3,(H,8,12);4H2,1-3H3,(H,6,7). The molecule has 0 atom stereocenters. The van der Waals surface area contributed by atoms with Crippen LogP contribution in [0.25, 0.3) is 0 Å². The highest BCUT2D eigenvalue weighted by atomic mass is 32.7. The molecule has 3 amide bonds. The second kappa shape index (κ2) is 14.9. The Kier molecular flexibility index (Phi) is 15.4. The Labute approximate surface area is 161 Å². The molecule has 0 unspecified atom stereocenters. The molecule has 0 spiro atoms. The average molecular weight is 432 g/mol. The first kappa shape index (κ1) is 27.0. The molecular formula is C12H25N4O7PS2. The van der Waals surface area contributed by atoms with Gasteiger partial charge in [-0.15, -0.1) is 11.8 Å². The van der Waals surface area contributed by atoms with Gasteiger partial charge in [-0.1, -0.05) is 5.16 Å². The first-order valence-electron chi connectivity index (χ1n) is 6.89. The van der Waals surface area contributed by atoms with Crippen LogP contribution >= 0.6 is 29.9 Å². The molecule has 0 aliphatic carbocycles. The van der Waals surface area contributed by atoms with Crippen LogP contribution in [0.1, 0.15) is 0 Å². The Morgan fingerprint density at radius 3 is 2.00 bits per heavy atom. The highest BCUT2D eigenvalue weighted by molar-refractivity contribution is 8.55. The normalized spacial score (nSPS) is 11.0. The summed E-state index contributed by atoms with van der Waals surface area (Å²) in [4.78, 5) is 38.4. The second-order valence-electron chi connectivity index (χ2n) is 4.19. The molecule has 0 heterocycles. The second-order valence-corrected chi connectivity index (χ2v) is 9.27. The third-order valence-corrected chi connectivity index (χ3v) is 6.75. The Hall–Kier alpha value is -1.27. The lowest BCUT2D eigenvalue weighted by Gasteiger charge is -2.11. The van der Waals surface area contributed by atoms with Crippen molar-refractivity contribution >= 4 is 52.9 Å². The zero-order chi connectivity index (χ0) is 20.8. The summed E-state index contributed by atoms with van der Waals surface area (Å²) in [5.74, 6) is -0.453. The molecular weight excluding hydrogens is 407 g/mol. The summed E-state index contributed by atoms with van der Waals surface area (Å²) in [7, 11) is 8.65. The van der Waals surface area contributed by atoms with Gasteiger partial charge < -0.3 is 24.6 Å². The van der Waals surface area contributed by atoms with Crippen LogP contribution < -0.4 is 10.6 Å². The van der Waals surface area contributed by atoms with Crippen molar-refractivity contribution in [3.63, 3.8) is 0 Å². The van der Waals surface area contributed by atoms with Gasteiger partial charge in [-0.2, -0.15) is 0 Å². The summed E-state index contributed by atoms with van der Waals surface area (Å²) in [5.41, 5.74) is 0. The molecule has 2 N–H and O–H groups in total. The number of carbonyl (C=O) groups is 3. The van der Waals surface area contributed by atoms with Crippen LogP contribution in [0.15, 0.2) is 5.16 Å². The molecule has 0 fully saturated rings. The molecule has 0 rings (SSSR count). The number of oxime groups is 1. The fourth-order valence-corrected chi connectivity index (χ4v) is 3.58. The first-order valence-corrected chi connectivity index (χ1v) is 11.3. The number of hydrogen-bond donors (Lipinski definition) is 2. The Balaban J connectivity index is 0. The maximum absolute atomic E-state index is 11.3. The smallest absolute Gasteiger partial charge is 0.358 e. The van der Waals surface area contributed by atoms with E-state index in [1.54, 1.807) is 20.4 Å². The number of hydrogen-bond acceptors (Lipinski definition) is 10. The van der Waals surface area contributed by atoms with Crippen LogP contribution in [0, 0.1) is 0 Å². The van der Waals surface area contributed by atoms with Gasteiger partial charge in [0.25, 0.3) is 5.91 Å². The van der Waals surface area contributed by atoms with Crippen LogP contribution in [-0.2, 0) is 28.0 Å². The van der Waals surface area contributed by atoms with E-state index < -0.39 is 12.9 Å². The van der Waals surface area contributed by atoms with Crippen LogP contribution in [0.3, 0.4) is 0 Å².